The number of ether oxygens (including phenoxy) is 3. The van der Waals surface area contributed by atoms with E-state index in [1.54, 1.807) is 20.4 Å². The van der Waals surface area contributed by atoms with Gasteiger partial charge in [0.05, 0.1) is 20.4 Å². The normalized spacial score (nSPS) is 10.4. The van der Waals surface area contributed by atoms with Gasteiger partial charge in [-0.1, -0.05) is 36.4 Å². The third-order valence-electron chi connectivity index (χ3n) is 4.03. The van der Waals surface area contributed by atoms with Crippen LogP contribution in [0, 0.1) is 0 Å². The van der Waals surface area contributed by atoms with Crippen molar-refractivity contribution in [1.82, 2.24) is 4.98 Å². The average molecular weight is 367 g/mol. The van der Waals surface area contributed by atoms with Gasteiger partial charge in [-0.2, -0.15) is 0 Å². The summed E-state index contributed by atoms with van der Waals surface area (Å²) < 4.78 is 21.3. The van der Waals surface area contributed by atoms with E-state index in [4.69, 9.17) is 18.6 Å². The molecule has 6 heteroatoms. The number of oxazole rings is 1. The van der Waals surface area contributed by atoms with Gasteiger partial charge in [0, 0.05) is 12.0 Å². The fraction of sp³-hybridized carbons (Fsp3) is 0.238. The molecule has 0 saturated carbocycles. The quantitative estimate of drug-likeness (QED) is 0.560. The van der Waals surface area contributed by atoms with E-state index in [1.165, 1.54) is 0 Å². The fourth-order valence-electron chi connectivity index (χ4n) is 2.61. The summed E-state index contributed by atoms with van der Waals surface area (Å²) in [6, 6.07) is 15.2. The first kappa shape index (κ1) is 18.5. The van der Waals surface area contributed by atoms with E-state index < -0.39 is 0 Å². The molecular weight excluding hydrogens is 346 g/mol. The molecule has 3 aromatic rings. The minimum atomic E-state index is -0.316. The van der Waals surface area contributed by atoms with E-state index in [-0.39, 0.29) is 19.0 Å². The van der Waals surface area contributed by atoms with Crippen molar-refractivity contribution in [1.29, 1.82) is 0 Å². The highest BCUT2D eigenvalue weighted by Gasteiger charge is 2.11. The molecular formula is C21H21NO5. The van der Waals surface area contributed by atoms with Crippen molar-refractivity contribution in [2.75, 3.05) is 14.2 Å². The molecule has 0 N–H and O–H groups in total. The van der Waals surface area contributed by atoms with Gasteiger partial charge in [0.25, 0.3) is 0 Å². The zero-order valence-electron chi connectivity index (χ0n) is 15.3. The summed E-state index contributed by atoms with van der Waals surface area (Å²) in [4.78, 5) is 16.1. The summed E-state index contributed by atoms with van der Waals surface area (Å²) in [6.45, 7) is 0.0115. The minimum absolute atomic E-state index is 0.0115. The van der Waals surface area contributed by atoms with Crippen molar-refractivity contribution in [3.05, 3.63) is 66.2 Å². The highest BCUT2D eigenvalue weighted by atomic mass is 16.5. The molecule has 0 saturated heterocycles. The lowest BCUT2D eigenvalue weighted by atomic mass is 10.1. The number of aromatic nitrogens is 1. The van der Waals surface area contributed by atoms with Gasteiger partial charge in [0.15, 0.2) is 23.9 Å². The lowest BCUT2D eigenvalue weighted by Gasteiger charge is -2.09. The molecule has 27 heavy (non-hydrogen) atoms. The molecule has 0 aliphatic carbocycles. The van der Waals surface area contributed by atoms with Crippen molar-refractivity contribution >= 4 is 5.97 Å². The summed E-state index contributed by atoms with van der Waals surface area (Å²) >= 11 is 0. The maximum Gasteiger partial charge on any atom is 0.306 e. The number of carbonyl (C=O) groups excluding carboxylic acids is 1. The van der Waals surface area contributed by atoms with Crippen molar-refractivity contribution in [3.63, 3.8) is 0 Å². The summed E-state index contributed by atoms with van der Waals surface area (Å²) in [5.74, 6) is 1.99. The van der Waals surface area contributed by atoms with E-state index in [9.17, 15) is 4.79 Å². The Balaban J connectivity index is 1.50. The van der Waals surface area contributed by atoms with Crippen molar-refractivity contribution in [3.8, 4) is 22.8 Å². The first-order chi connectivity index (χ1) is 13.2. The van der Waals surface area contributed by atoms with Gasteiger partial charge < -0.3 is 18.6 Å². The number of aryl methyl sites for hydroxylation is 1. The Morgan fingerprint density at radius 3 is 2.56 bits per heavy atom. The molecule has 1 aromatic heterocycles. The molecule has 0 radical (unpaired) electrons. The Hall–Kier alpha value is -3.28. The molecule has 0 spiro atoms. The first-order valence-corrected chi connectivity index (χ1v) is 8.56. The molecule has 0 aliphatic rings. The molecule has 0 unspecified atom stereocenters. The Morgan fingerprint density at radius 1 is 1.04 bits per heavy atom. The molecule has 2 aromatic carbocycles. The van der Waals surface area contributed by atoms with Crippen LogP contribution in [0.2, 0.25) is 0 Å². The summed E-state index contributed by atoms with van der Waals surface area (Å²) in [5, 5.41) is 0. The van der Waals surface area contributed by atoms with Crippen LogP contribution in [0.1, 0.15) is 17.9 Å². The fourth-order valence-corrected chi connectivity index (χ4v) is 2.61. The van der Waals surface area contributed by atoms with Crippen molar-refractivity contribution < 1.29 is 23.4 Å². The standard InChI is InChI=1S/C21H21NO5/c1-24-17-10-8-15(12-18(17)25-2)9-11-21(23)26-14-20-22-13-19(27-20)16-6-4-3-5-7-16/h3-8,10,12-13H,9,11,14H2,1-2H3. The van der Waals surface area contributed by atoms with Gasteiger partial charge in [0.1, 0.15) is 0 Å². The van der Waals surface area contributed by atoms with Gasteiger partial charge >= 0.3 is 5.97 Å². The Morgan fingerprint density at radius 2 is 1.81 bits per heavy atom. The lowest BCUT2D eigenvalue weighted by molar-refractivity contribution is -0.145. The molecule has 0 amide bonds. The Kier molecular flexibility index (Phi) is 6.10. The second-order valence-corrected chi connectivity index (χ2v) is 5.83. The molecule has 0 aliphatic heterocycles. The summed E-state index contributed by atoms with van der Waals surface area (Å²) in [7, 11) is 3.16. The SMILES string of the molecule is COc1ccc(CCC(=O)OCc2ncc(-c3ccccc3)o2)cc1OC. The molecule has 3 rings (SSSR count). The van der Waals surface area contributed by atoms with E-state index in [0.29, 0.717) is 29.6 Å². The number of nitrogens with zero attached hydrogens (tertiary/aromatic N) is 1. The molecule has 0 fully saturated rings. The number of hydrogen-bond donors (Lipinski definition) is 0. The maximum atomic E-state index is 12.0. The summed E-state index contributed by atoms with van der Waals surface area (Å²) in [6.07, 6.45) is 2.42. The van der Waals surface area contributed by atoms with E-state index in [1.807, 2.05) is 48.5 Å². The molecule has 0 atom stereocenters. The lowest BCUT2D eigenvalue weighted by Crippen LogP contribution is -2.06. The third kappa shape index (κ3) is 4.88. The van der Waals surface area contributed by atoms with Crippen LogP contribution in [0.3, 0.4) is 0 Å². The molecule has 0 bridgehead atoms. The molecule has 6 nitrogen and oxygen atoms in total. The van der Waals surface area contributed by atoms with E-state index >= 15 is 0 Å². The van der Waals surface area contributed by atoms with Crippen LogP contribution in [-0.2, 0) is 22.6 Å². The minimum Gasteiger partial charge on any atom is -0.493 e. The predicted octanol–water partition coefficient (Wildman–Crippen LogP) is 4.03. The van der Waals surface area contributed by atoms with Crippen LogP contribution >= 0.6 is 0 Å². The van der Waals surface area contributed by atoms with Gasteiger partial charge in [0.2, 0.25) is 5.89 Å². The van der Waals surface area contributed by atoms with Gasteiger partial charge in [-0.15, -0.1) is 0 Å². The zero-order chi connectivity index (χ0) is 19.1. The highest BCUT2D eigenvalue weighted by molar-refractivity contribution is 5.69. The topological polar surface area (TPSA) is 70.8 Å². The monoisotopic (exact) mass is 367 g/mol. The number of rotatable bonds is 8. The zero-order valence-corrected chi connectivity index (χ0v) is 15.3. The third-order valence-corrected chi connectivity index (χ3v) is 4.03. The van der Waals surface area contributed by atoms with E-state index in [0.717, 1.165) is 11.1 Å². The second-order valence-electron chi connectivity index (χ2n) is 5.83. The van der Waals surface area contributed by atoms with Crippen molar-refractivity contribution in [2.45, 2.75) is 19.4 Å². The van der Waals surface area contributed by atoms with Crippen LogP contribution in [-0.4, -0.2) is 25.2 Å². The number of methoxy groups -OCH3 is 2. The van der Waals surface area contributed by atoms with Crippen LogP contribution in [0.4, 0.5) is 0 Å². The largest absolute Gasteiger partial charge is 0.493 e. The maximum absolute atomic E-state index is 12.0. The van der Waals surface area contributed by atoms with Crippen molar-refractivity contribution in [2.24, 2.45) is 0 Å². The number of hydrogen-bond acceptors (Lipinski definition) is 6. The van der Waals surface area contributed by atoms with Gasteiger partial charge in [-0.25, -0.2) is 4.98 Å². The highest BCUT2D eigenvalue weighted by Crippen LogP contribution is 2.28. The Bertz CT molecular complexity index is 889. The van der Waals surface area contributed by atoms with Crippen LogP contribution in [0.5, 0.6) is 11.5 Å². The first-order valence-electron chi connectivity index (χ1n) is 8.56. The number of benzene rings is 2. The second kappa shape index (κ2) is 8.89. The van der Waals surface area contributed by atoms with Gasteiger partial charge in [-0.3, -0.25) is 4.79 Å². The summed E-state index contributed by atoms with van der Waals surface area (Å²) in [5.41, 5.74) is 1.89. The Labute approximate surface area is 157 Å². The van der Waals surface area contributed by atoms with Crippen LogP contribution in [0.15, 0.2) is 59.1 Å². The van der Waals surface area contributed by atoms with Crippen LogP contribution < -0.4 is 9.47 Å². The van der Waals surface area contributed by atoms with Crippen LogP contribution in [0.25, 0.3) is 11.3 Å². The number of esters is 1. The number of carbonyl (C=O) groups is 1. The molecule has 1 heterocycles. The molecule has 140 valence electrons. The predicted molar refractivity (Wildman–Crippen MR) is 99.6 cm³/mol. The van der Waals surface area contributed by atoms with E-state index in [2.05, 4.69) is 4.98 Å². The average Bonchev–Trinajstić information content (AvgIpc) is 3.20. The van der Waals surface area contributed by atoms with Gasteiger partial charge in [-0.05, 0) is 24.1 Å². The smallest absolute Gasteiger partial charge is 0.306 e.